The van der Waals surface area contributed by atoms with Crippen LogP contribution in [0.3, 0.4) is 0 Å². The minimum absolute atomic E-state index is 0.225. The maximum atomic E-state index is 13.1. The molecule has 0 spiro atoms. The Morgan fingerprint density at radius 1 is 1.19 bits per heavy atom. The summed E-state index contributed by atoms with van der Waals surface area (Å²) >= 11 is 3.17. The molecule has 1 aromatic heterocycles. The molecule has 0 saturated heterocycles. The van der Waals surface area contributed by atoms with Crippen LogP contribution in [0.5, 0.6) is 0 Å². The molecule has 21 heavy (non-hydrogen) atoms. The first-order chi connectivity index (χ1) is 9.77. The molecule has 2 rings (SSSR count). The molecular weight excluding hydrogens is 337 g/mol. The number of hydrogen-bond acceptors (Lipinski definition) is 2. The molecule has 1 atom stereocenters. The average Bonchev–Trinajstić information content (AvgIpc) is 2.82. The van der Waals surface area contributed by atoms with E-state index in [0.717, 1.165) is 5.56 Å². The Morgan fingerprint density at radius 3 is 2.29 bits per heavy atom. The van der Waals surface area contributed by atoms with Crippen LogP contribution in [-0.2, 0) is 0 Å². The van der Waals surface area contributed by atoms with Crippen LogP contribution in [0.2, 0.25) is 0 Å². The van der Waals surface area contributed by atoms with E-state index < -0.39 is 0 Å². The molecule has 1 N–H and O–H groups in total. The molecule has 1 unspecified atom stereocenters. The Kier molecular flexibility index (Phi) is 4.52. The van der Waals surface area contributed by atoms with Gasteiger partial charge in [0.1, 0.15) is 5.82 Å². The van der Waals surface area contributed by atoms with Gasteiger partial charge in [-0.25, -0.2) is 4.39 Å². The molecule has 2 aromatic rings. The van der Waals surface area contributed by atoms with E-state index in [2.05, 4.69) is 21.2 Å². The molecule has 1 aromatic carbocycles. The van der Waals surface area contributed by atoms with E-state index in [1.807, 2.05) is 20.8 Å². The summed E-state index contributed by atoms with van der Waals surface area (Å²) in [5.41, 5.74) is 0.625. The van der Waals surface area contributed by atoms with E-state index in [4.69, 9.17) is 4.42 Å². The minimum Gasteiger partial charge on any atom is -0.444 e. The fourth-order valence-electron chi connectivity index (χ4n) is 2.09. The van der Waals surface area contributed by atoms with Crippen molar-refractivity contribution in [2.24, 2.45) is 5.41 Å². The Bertz CT molecular complexity index is 628. The van der Waals surface area contributed by atoms with Gasteiger partial charge in [0, 0.05) is 0 Å². The number of rotatable bonds is 3. The highest BCUT2D eigenvalue weighted by Gasteiger charge is 2.29. The zero-order valence-corrected chi connectivity index (χ0v) is 13.7. The molecule has 3 nitrogen and oxygen atoms in total. The van der Waals surface area contributed by atoms with Gasteiger partial charge in [0.2, 0.25) is 0 Å². The molecule has 0 aliphatic carbocycles. The van der Waals surface area contributed by atoms with Gasteiger partial charge in [-0.2, -0.15) is 0 Å². The van der Waals surface area contributed by atoms with Crippen molar-refractivity contribution in [2.45, 2.75) is 26.8 Å². The number of carbonyl (C=O) groups is 1. The van der Waals surface area contributed by atoms with Crippen LogP contribution in [0.25, 0.3) is 0 Å². The van der Waals surface area contributed by atoms with Gasteiger partial charge < -0.3 is 9.73 Å². The molecule has 1 heterocycles. The van der Waals surface area contributed by atoms with E-state index >= 15 is 0 Å². The normalized spacial score (nSPS) is 13.0. The Labute approximate surface area is 131 Å². The molecule has 112 valence electrons. The van der Waals surface area contributed by atoms with Crippen molar-refractivity contribution in [2.75, 3.05) is 0 Å². The Balaban J connectivity index is 2.25. The maximum absolute atomic E-state index is 13.1. The molecular formula is C16H17BrFNO2. The minimum atomic E-state index is -0.301. The van der Waals surface area contributed by atoms with Gasteiger partial charge in [0.05, 0.1) is 6.04 Å². The lowest BCUT2D eigenvalue weighted by atomic mass is 9.82. The van der Waals surface area contributed by atoms with Crippen LogP contribution >= 0.6 is 15.9 Å². The van der Waals surface area contributed by atoms with Crippen LogP contribution in [-0.4, -0.2) is 5.91 Å². The summed E-state index contributed by atoms with van der Waals surface area (Å²) in [6, 6.07) is 9.16. The van der Waals surface area contributed by atoms with Gasteiger partial charge in [-0.05, 0) is 51.2 Å². The van der Waals surface area contributed by atoms with Crippen molar-refractivity contribution in [1.29, 1.82) is 0 Å². The van der Waals surface area contributed by atoms with E-state index in [-0.39, 0.29) is 28.9 Å². The second-order valence-corrected chi connectivity index (χ2v) is 6.71. The van der Waals surface area contributed by atoms with Crippen LogP contribution in [0.15, 0.2) is 45.5 Å². The number of nitrogens with one attached hydrogen (secondary N) is 1. The standard InChI is InChI=1S/C16H17BrFNO2/c1-16(2,3)14(10-4-6-11(18)7-5-10)19-15(20)12-8-9-13(17)21-12/h4-9,14H,1-3H3,(H,19,20). The summed E-state index contributed by atoms with van der Waals surface area (Å²) < 4.78 is 18.8. The number of furan rings is 1. The fourth-order valence-corrected chi connectivity index (χ4v) is 2.40. The van der Waals surface area contributed by atoms with Gasteiger partial charge in [-0.15, -0.1) is 0 Å². The van der Waals surface area contributed by atoms with Gasteiger partial charge in [0.25, 0.3) is 5.91 Å². The summed E-state index contributed by atoms with van der Waals surface area (Å²) in [6.07, 6.45) is 0. The van der Waals surface area contributed by atoms with Gasteiger partial charge in [-0.1, -0.05) is 32.9 Å². The van der Waals surface area contributed by atoms with E-state index in [0.29, 0.717) is 4.67 Å². The molecule has 0 saturated carbocycles. The number of carbonyl (C=O) groups excluding carboxylic acids is 1. The van der Waals surface area contributed by atoms with Crippen LogP contribution in [0.4, 0.5) is 4.39 Å². The predicted molar refractivity (Wildman–Crippen MR) is 82.5 cm³/mol. The Hall–Kier alpha value is -1.62. The van der Waals surface area contributed by atoms with E-state index in [9.17, 15) is 9.18 Å². The topological polar surface area (TPSA) is 42.2 Å². The molecule has 5 heteroatoms. The number of amides is 1. The SMILES string of the molecule is CC(C)(C)C(NC(=O)c1ccc(Br)o1)c1ccc(F)cc1. The zero-order chi connectivity index (χ0) is 15.6. The molecule has 0 aliphatic heterocycles. The molecule has 0 fully saturated rings. The Morgan fingerprint density at radius 2 is 1.81 bits per heavy atom. The third kappa shape index (κ3) is 3.94. The van der Waals surface area contributed by atoms with Crippen molar-refractivity contribution in [3.8, 4) is 0 Å². The van der Waals surface area contributed by atoms with Crippen molar-refractivity contribution < 1.29 is 13.6 Å². The molecule has 0 bridgehead atoms. The largest absolute Gasteiger partial charge is 0.444 e. The van der Waals surface area contributed by atoms with Gasteiger partial charge in [-0.3, -0.25) is 4.79 Å². The number of hydrogen-bond donors (Lipinski definition) is 1. The first kappa shape index (κ1) is 15.8. The molecule has 1 amide bonds. The second-order valence-electron chi connectivity index (χ2n) is 5.93. The summed E-state index contributed by atoms with van der Waals surface area (Å²) in [5, 5.41) is 2.95. The maximum Gasteiger partial charge on any atom is 0.287 e. The van der Waals surface area contributed by atoms with E-state index in [1.165, 1.54) is 12.1 Å². The zero-order valence-electron chi connectivity index (χ0n) is 12.1. The first-order valence-corrected chi connectivity index (χ1v) is 7.38. The van der Waals surface area contributed by atoms with Crippen LogP contribution < -0.4 is 5.32 Å². The predicted octanol–water partition coefficient (Wildman–Crippen LogP) is 4.70. The highest BCUT2D eigenvalue weighted by Crippen LogP contribution is 2.33. The first-order valence-electron chi connectivity index (χ1n) is 6.59. The third-order valence-corrected chi connectivity index (χ3v) is 3.57. The van der Waals surface area contributed by atoms with Crippen molar-refractivity contribution in [1.82, 2.24) is 5.32 Å². The van der Waals surface area contributed by atoms with Crippen molar-refractivity contribution >= 4 is 21.8 Å². The monoisotopic (exact) mass is 353 g/mol. The van der Waals surface area contributed by atoms with Crippen LogP contribution in [0.1, 0.15) is 42.9 Å². The third-order valence-electron chi connectivity index (χ3n) is 3.14. The molecule has 0 radical (unpaired) electrons. The highest BCUT2D eigenvalue weighted by atomic mass is 79.9. The number of benzene rings is 1. The lowest BCUT2D eigenvalue weighted by Gasteiger charge is -2.31. The summed E-state index contributed by atoms with van der Waals surface area (Å²) in [7, 11) is 0. The lowest BCUT2D eigenvalue weighted by molar-refractivity contribution is 0.0872. The van der Waals surface area contributed by atoms with Crippen molar-refractivity contribution in [3.05, 3.63) is 58.2 Å². The molecule has 0 aliphatic rings. The summed E-state index contributed by atoms with van der Waals surface area (Å²) in [5.74, 6) is -0.365. The number of halogens is 2. The smallest absolute Gasteiger partial charge is 0.287 e. The van der Waals surface area contributed by atoms with Gasteiger partial charge in [0.15, 0.2) is 10.4 Å². The fraction of sp³-hybridized carbons (Fsp3) is 0.312. The second kappa shape index (κ2) is 6.02. The summed E-state index contributed by atoms with van der Waals surface area (Å²) in [6.45, 7) is 6.04. The quantitative estimate of drug-likeness (QED) is 0.868. The average molecular weight is 354 g/mol. The van der Waals surface area contributed by atoms with Crippen molar-refractivity contribution in [3.63, 3.8) is 0 Å². The highest BCUT2D eigenvalue weighted by molar-refractivity contribution is 9.10. The van der Waals surface area contributed by atoms with E-state index in [1.54, 1.807) is 24.3 Å². The van der Waals surface area contributed by atoms with Gasteiger partial charge >= 0.3 is 0 Å². The lowest BCUT2D eigenvalue weighted by Crippen LogP contribution is -2.36. The van der Waals surface area contributed by atoms with Crippen LogP contribution in [0, 0.1) is 11.2 Å². The summed E-state index contributed by atoms with van der Waals surface area (Å²) in [4.78, 5) is 12.3.